The summed E-state index contributed by atoms with van der Waals surface area (Å²) < 4.78 is 5.50. The summed E-state index contributed by atoms with van der Waals surface area (Å²) in [5.74, 6) is 0.493. The Morgan fingerprint density at radius 1 is 1.58 bits per heavy atom. The minimum atomic E-state index is -0.518. The normalized spacial score (nSPS) is 15.0. The molecule has 1 aromatic rings. The Kier molecular flexibility index (Phi) is 4.45. The first-order chi connectivity index (χ1) is 9.10. The second-order valence-corrected chi connectivity index (χ2v) is 4.85. The second kappa shape index (κ2) is 6.08. The van der Waals surface area contributed by atoms with E-state index in [4.69, 9.17) is 16.3 Å². The maximum absolute atomic E-state index is 11.9. The summed E-state index contributed by atoms with van der Waals surface area (Å²) >= 11 is 5.91. The van der Waals surface area contributed by atoms with Gasteiger partial charge in [-0.2, -0.15) is 0 Å². The van der Waals surface area contributed by atoms with Crippen molar-refractivity contribution in [3.05, 3.63) is 34.4 Å². The van der Waals surface area contributed by atoms with Crippen LogP contribution in [0.15, 0.2) is 23.8 Å². The van der Waals surface area contributed by atoms with Crippen LogP contribution in [-0.2, 0) is 4.79 Å². The van der Waals surface area contributed by atoms with Gasteiger partial charge in [-0.25, -0.2) is 0 Å². The fourth-order valence-electron chi connectivity index (χ4n) is 1.75. The largest absolute Gasteiger partial charge is 0.488 e. The van der Waals surface area contributed by atoms with Crippen LogP contribution < -0.4 is 10.1 Å². The van der Waals surface area contributed by atoms with E-state index in [2.05, 4.69) is 5.32 Å². The highest BCUT2D eigenvalue weighted by Gasteiger charge is 2.17. The first kappa shape index (κ1) is 13.9. The molecule has 5 heteroatoms. The molecule has 1 unspecified atom stereocenters. The smallest absolute Gasteiger partial charge is 0.250 e. The van der Waals surface area contributed by atoms with Crippen molar-refractivity contribution in [3.63, 3.8) is 0 Å². The SMILES string of the molecule is CCC(O)CNC(=O)C1=Cc2cc(Cl)ccc2OC1. The van der Waals surface area contributed by atoms with Gasteiger partial charge in [0, 0.05) is 17.1 Å². The second-order valence-electron chi connectivity index (χ2n) is 4.41. The number of aliphatic hydroxyl groups is 1. The zero-order chi connectivity index (χ0) is 13.8. The molecule has 0 spiro atoms. The zero-order valence-corrected chi connectivity index (χ0v) is 11.4. The van der Waals surface area contributed by atoms with E-state index in [1.807, 2.05) is 6.92 Å². The lowest BCUT2D eigenvalue weighted by Gasteiger charge is -2.18. The summed E-state index contributed by atoms with van der Waals surface area (Å²) in [6.45, 7) is 2.33. The van der Waals surface area contributed by atoms with Crippen molar-refractivity contribution in [1.82, 2.24) is 5.32 Å². The number of ether oxygens (including phenoxy) is 1. The minimum Gasteiger partial charge on any atom is -0.488 e. The fraction of sp³-hybridized carbons (Fsp3) is 0.357. The van der Waals surface area contributed by atoms with E-state index < -0.39 is 6.10 Å². The standard InChI is InChI=1S/C14H16ClNO3/c1-2-12(17)7-16-14(18)10-5-9-6-11(15)3-4-13(9)19-8-10/h3-6,12,17H,2,7-8H2,1H3,(H,16,18). The van der Waals surface area contributed by atoms with E-state index >= 15 is 0 Å². The van der Waals surface area contributed by atoms with Crippen molar-refractivity contribution >= 4 is 23.6 Å². The van der Waals surface area contributed by atoms with Gasteiger partial charge in [-0.05, 0) is 30.7 Å². The summed E-state index contributed by atoms with van der Waals surface area (Å²) in [6, 6.07) is 5.28. The lowest BCUT2D eigenvalue weighted by molar-refractivity contribution is -0.118. The third-order valence-electron chi connectivity index (χ3n) is 2.95. The molecule has 0 saturated carbocycles. The Bertz CT molecular complexity index is 513. The Morgan fingerprint density at radius 2 is 2.37 bits per heavy atom. The highest BCUT2D eigenvalue weighted by atomic mass is 35.5. The van der Waals surface area contributed by atoms with Crippen LogP contribution in [0.3, 0.4) is 0 Å². The molecule has 1 amide bonds. The van der Waals surface area contributed by atoms with Gasteiger partial charge in [0.1, 0.15) is 12.4 Å². The van der Waals surface area contributed by atoms with Crippen LogP contribution in [0.25, 0.3) is 6.08 Å². The number of benzene rings is 1. The van der Waals surface area contributed by atoms with Crippen molar-refractivity contribution in [2.24, 2.45) is 0 Å². The molecule has 2 N–H and O–H groups in total. The predicted molar refractivity (Wildman–Crippen MR) is 74.2 cm³/mol. The number of hydrogen-bond acceptors (Lipinski definition) is 3. The molecule has 0 aromatic heterocycles. The van der Waals surface area contributed by atoms with Gasteiger partial charge in [-0.15, -0.1) is 0 Å². The molecule has 0 saturated heterocycles. The maximum Gasteiger partial charge on any atom is 0.250 e. The number of carbonyl (C=O) groups is 1. The van der Waals surface area contributed by atoms with Crippen LogP contribution >= 0.6 is 11.6 Å². The number of fused-ring (bicyclic) bond motifs is 1. The third kappa shape index (κ3) is 3.49. The first-order valence-corrected chi connectivity index (χ1v) is 6.57. The van der Waals surface area contributed by atoms with Gasteiger partial charge >= 0.3 is 0 Å². The molecule has 19 heavy (non-hydrogen) atoms. The lowest BCUT2D eigenvalue weighted by Crippen LogP contribution is -2.34. The molecule has 1 aliphatic rings. The molecule has 1 heterocycles. The van der Waals surface area contributed by atoms with Crippen LogP contribution in [0.5, 0.6) is 5.75 Å². The van der Waals surface area contributed by atoms with E-state index in [1.165, 1.54) is 0 Å². The van der Waals surface area contributed by atoms with Crippen LogP contribution in [0, 0.1) is 0 Å². The number of rotatable bonds is 4. The fourth-order valence-corrected chi connectivity index (χ4v) is 1.93. The molecule has 0 aliphatic carbocycles. The highest BCUT2D eigenvalue weighted by Crippen LogP contribution is 2.28. The van der Waals surface area contributed by atoms with E-state index in [0.717, 1.165) is 11.3 Å². The van der Waals surface area contributed by atoms with Gasteiger partial charge < -0.3 is 15.2 Å². The van der Waals surface area contributed by atoms with Gasteiger partial charge in [0.15, 0.2) is 0 Å². The molecule has 0 bridgehead atoms. The summed E-state index contributed by atoms with van der Waals surface area (Å²) in [5.41, 5.74) is 1.32. The van der Waals surface area contributed by atoms with Crippen molar-refractivity contribution in [2.75, 3.05) is 13.2 Å². The summed E-state index contributed by atoms with van der Waals surface area (Å²) in [5, 5.41) is 12.7. The molecular weight excluding hydrogens is 266 g/mol. The number of halogens is 1. The summed E-state index contributed by atoms with van der Waals surface area (Å²) in [4.78, 5) is 11.9. The number of hydrogen-bond donors (Lipinski definition) is 2. The molecule has 0 radical (unpaired) electrons. The average Bonchev–Trinajstić information content (AvgIpc) is 2.43. The molecular formula is C14H16ClNO3. The van der Waals surface area contributed by atoms with Crippen molar-refractivity contribution in [2.45, 2.75) is 19.4 Å². The van der Waals surface area contributed by atoms with Crippen molar-refractivity contribution in [1.29, 1.82) is 0 Å². The van der Waals surface area contributed by atoms with Gasteiger partial charge in [0.25, 0.3) is 5.91 Å². The van der Waals surface area contributed by atoms with Crippen LogP contribution in [0.4, 0.5) is 0 Å². The van der Waals surface area contributed by atoms with Crippen molar-refractivity contribution < 1.29 is 14.6 Å². The monoisotopic (exact) mass is 281 g/mol. The number of carbonyl (C=O) groups excluding carboxylic acids is 1. The molecule has 1 aliphatic heterocycles. The molecule has 2 rings (SSSR count). The Hall–Kier alpha value is -1.52. The first-order valence-electron chi connectivity index (χ1n) is 6.19. The quantitative estimate of drug-likeness (QED) is 0.887. The molecule has 1 aromatic carbocycles. The molecule has 1 atom stereocenters. The van der Waals surface area contributed by atoms with Crippen LogP contribution in [-0.4, -0.2) is 30.3 Å². The average molecular weight is 282 g/mol. The number of nitrogens with one attached hydrogen (secondary N) is 1. The topological polar surface area (TPSA) is 58.6 Å². The predicted octanol–water partition coefficient (Wildman–Crippen LogP) is 2.00. The molecule has 102 valence electrons. The third-order valence-corrected chi connectivity index (χ3v) is 3.18. The Balaban J connectivity index is 2.08. The van der Waals surface area contributed by atoms with Crippen LogP contribution in [0.2, 0.25) is 5.02 Å². The Morgan fingerprint density at radius 3 is 3.11 bits per heavy atom. The molecule has 4 nitrogen and oxygen atoms in total. The van der Waals surface area contributed by atoms with Crippen molar-refractivity contribution in [3.8, 4) is 5.75 Å². The van der Waals surface area contributed by atoms with E-state index in [0.29, 0.717) is 17.0 Å². The number of aliphatic hydroxyl groups excluding tert-OH is 1. The summed E-state index contributed by atoms with van der Waals surface area (Å²) in [7, 11) is 0. The number of amides is 1. The lowest BCUT2D eigenvalue weighted by atomic mass is 10.1. The van der Waals surface area contributed by atoms with Gasteiger partial charge in [-0.3, -0.25) is 4.79 Å². The van der Waals surface area contributed by atoms with Gasteiger partial charge in [0.05, 0.1) is 11.7 Å². The van der Waals surface area contributed by atoms with E-state index in [-0.39, 0.29) is 19.1 Å². The maximum atomic E-state index is 11.9. The molecule has 0 fully saturated rings. The van der Waals surface area contributed by atoms with Gasteiger partial charge in [-0.1, -0.05) is 18.5 Å². The van der Waals surface area contributed by atoms with E-state index in [9.17, 15) is 9.90 Å². The Labute approximate surface area is 117 Å². The van der Waals surface area contributed by atoms with Crippen LogP contribution in [0.1, 0.15) is 18.9 Å². The van der Waals surface area contributed by atoms with E-state index in [1.54, 1.807) is 24.3 Å². The minimum absolute atomic E-state index is 0.224. The zero-order valence-electron chi connectivity index (χ0n) is 10.6. The van der Waals surface area contributed by atoms with Gasteiger partial charge in [0.2, 0.25) is 0 Å². The summed E-state index contributed by atoms with van der Waals surface area (Å²) in [6.07, 6.45) is 1.85. The highest BCUT2D eigenvalue weighted by molar-refractivity contribution is 6.30.